The summed E-state index contributed by atoms with van der Waals surface area (Å²) < 4.78 is 25.0. The summed E-state index contributed by atoms with van der Waals surface area (Å²) in [5.74, 6) is -0.316. The van der Waals surface area contributed by atoms with Crippen LogP contribution in [-0.2, 0) is 16.4 Å². The van der Waals surface area contributed by atoms with Crippen molar-refractivity contribution in [2.75, 3.05) is 19.0 Å². The normalized spacial score (nSPS) is 12.1. The fourth-order valence-electron chi connectivity index (χ4n) is 1.64. The Kier molecular flexibility index (Phi) is 3.60. The maximum Gasteiger partial charge on any atom is 0.180 e. The summed E-state index contributed by atoms with van der Waals surface area (Å²) in [7, 11) is -3.48. The smallest absolute Gasteiger partial charge is 0.180 e. The van der Waals surface area contributed by atoms with Gasteiger partial charge in [0, 0.05) is 0 Å². The van der Waals surface area contributed by atoms with Crippen molar-refractivity contribution in [2.24, 2.45) is 0 Å². The van der Waals surface area contributed by atoms with Gasteiger partial charge in [0.25, 0.3) is 0 Å². The number of aliphatic hydroxyl groups excluding tert-OH is 2. The van der Waals surface area contributed by atoms with Crippen LogP contribution in [0.4, 0.5) is 0 Å². The van der Waals surface area contributed by atoms with Gasteiger partial charge in [-0.15, -0.1) is 5.10 Å². The maximum atomic E-state index is 11.8. The summed E-state index contributed by atoms with van der Waals surface area (Å²) in [6.07, 6.45) is 0. The lowest BCUT2D eigenvalue weighted by atomic mass is 10.3. The summed E-state index contributed by atoms with van der Waals surface area (Å²) in [5.41, 5.74) is 1.11. The van der Waals surface area contributed by atoms with Gasteiger partial charge in [-0.1, -0.05) is 5.21 Å². The molecule has 0 radical (unpaired) electrons. The molecule has 0 aliphatic heterocycles. The van der Waals surface area contributed by atoms with E-state index in [0.29, 0.717) is 17.6 Å². The summed E-state index contributed by atoms with van der Waals surface area (Å²) >= 11 is 0. The molecule has 0 aliphatic carbocycles. The summed E-state index contributed by atoms with van der Waals surface area (Å²) in [6, 6.07) is 4.46. The number of nitrogens with zero attached hydrogens (tertiary/aromatic N) is 3. The van der Waals surface area contributed by atoms with Crippen molar-refractivity contribution in [1.82, 2.24) is 15.0 Å². The molecule has 0 saturated heterocycles. The Morgan fingerprint density at radius 2 is 2.00 bits per heavy atom. The van der Waals surface area contributed by atoms with E-state index < -0.39 is 16.4 Å². The third-order valence-electron chi connectivity index (χ3n) is 2.52. The second kappa shape index (κ2) is 5.01. The topological polar surface area (TPSA) is 105 Å². The van der Waals surface area contributed by atoms with Crippen molar-refractivity contribution < 1.29 is 18.6 Å². The van der Waals surface area contributed by atoms with Gasteiger partial charge in [-0.2, -0.15) is 0 Å². The number of aromatic nitrogens is 3. The fourth-order valence-corrected chi connectivity index (χ4v) is 2.69. The van der Waals surface area contributed by atoms with E-state index in [1.165, 1.54) is 16.8 Å². The Hall–Kier alpha value is -1.51. The number of hydrogen-bond donors (Lipinski definition) is 2. The highest BCUT2D eigenvalue weighted by atomic mass is 32.2. The zero-order chi connectivity index (χ0) is 13.2. The average molecular weight is 271 g/mol. The molecule has 0 unspecified atom stereocenters. The molecular weight excluding hydrogens is 258 g/mol. The third-order valence-corrected chi connectivity index (χ3v) is 4.21. The minimum atomic E-state index is -3.48. The molecule has 0 spiro atoms. The van der Waals surface area contributed by atoms with E-state index in [2.05, 4.69) is 10.3 Å². The minimum Gasteiger partial charge on any atom is -0.395 e. The standard InChI is InChI=1S/C10H13N3O4S/c14-4-3-13-10-2-1-8(7-9(10)11-12-13)18(16,17)6-5-15/h1-2,7,14-15H,3-6H2. The summed E-state index contributed by atoms with van der Waals surface area (Å²) in [4.78, 5) is 0.111. The molecule has 0 fully saturated rings. The van der Waals surface area contributed by atoms with Crippen molar-refractivity contribution in [3.63, 3.8) is 0 Å². The van der Waals surface area contributed by atoms with Crippen LogP contribution in [0.5, 0.6) is 0 Å². The molecule has 18 heavy (non-hydrogen) atoms. The quantitative estimate of drug-likeness (QED) is 0.737. The lowest BCUT2D eigenvalue weighted by Crippen LogP contribution is -2.10. The minimum absolute atomic E-state index is 0.0664. The number of fused-ring (bicyclic) bond motifs is 1. The molecule has 1 aromatic heterocycles. The van der Waals surface area contributed by atoms with Crippen molar-refractivity contribution in [1.29, 1.82) is 0 Å². The first-order valence-electron chi connectivity index (χ1n) is 5.36. The van der Waals surface area contributed by atoms with Gasteiger partial charge in [-0.25, -0.2) is 13.1 Å². The van der Waals surface area contributed by atoms with Crippen LogP contribution in [0, 0.1) is 0 Å². The summed E-state index contributed by atoms with van der Waals surface area (Å²) in [6.45, 7) is -0.181. The van der Waals surface area contributed by atoms with Gasteiger partial charge in [0.1, 0.15) is 5.52 Å². The predicted octanol–water partition coefficient (Wildman–Crippen LogP) is -0.810. The largest absolute Gasteiger partial charge is 0.395 e. The molecular formula is C10H13N3O4S. The van der Waals surface area contributed by atoms with Crippen LogP contribution in [0.1, 0.15) is 0 Å². The van der Waals surface area contributed by atoms with Crippen molar-refractivity contribution in [3.05, 3.63) is 18.2 Å². The second-order valence-electron chi connectivity index (χ2n) is 3.73. The van der Waals surface area contributed by atoms with E-state index in [9.17, 15) is 8.42 Å². The zero-order valence-corrected chi connectivity index (χ0v) is 10.3. The highest BCUT2D eigenvalue weighted by Crippen LogP contribution is 2.18. The van der Waals surface area contributed by atoms with Gasteiger partial charge in [-0.3, -0.25) is 0 Å². The van der Waals surface area contributed by atoms with Crippen molar-refractivity contribution in [3.8, 4) is 0 Å². The zero-order valence-electron chi connectivity index (χ0n) is 9.52. The lowest BCUT2D eigenvalue weighted by molar-refractivity contribution is 0.270. The third kappa shape index (κ3) is 2.35. The van der Waals surface area contributed by atoms with Crippen LogP contribution in [0.15, 0.2) is 23.1 Å². The van der Waals surface area contributed by atoms with E-state index in [1.54, 1.807) is 6.07 Å². The van der Waals surface area contributed by atoms with E-state index in [0.717, 1.165) is 0 Å². The van der Waals surface area contributed by atoms with E-state index in [-0.39, 0.29) is 17.3 Å². The van der Waals surface area contributed by atoms with Crippen LogP contribution >= 0.6 is 0 Å². The maximum absolute atomic E-state index is 11.8. The molecule has 0 aliphatic rings. The van der Waals surface area contributed by atoms with Crippen molar-refractivity contribution >= 4 is 20.9 Å². The fraction of sp³-hybridized carbons (Fsp3) is 0.400. The van der Waals surface area contributed by atoms with Crippen LogP contribution in [0.2, 0.25) is 0 Å². The number of benzene rings is 1. The van der Waals surface area contributed by atoms with Crippen LogP contribution < -0.4 is 0 Å². The van der Waals surface area contributed by atoms with E-state index >= 15 is 0 Å². The van der Waals surface area contributed by atoms with Gasteiger partial charge in [0.15, 0.2) is 9.84 Å². The van der Waals surface area contributed by atoms with Gasteiger partial charge in [-0.05, 0) is 18.2 Å². The highest BCUT2D eigenvalue weighted by molar-refractivity contribution is 7.91. The Bertz CT molecular complexity index is 650. The molecule has 2 N–H and O–H groups in total. The molecule has 1 aromatic carbocycles. The van der Waals surface area contributed by atoms with Gasteiger partial charge < -0.3 is 10.2 Å². The SMILES string of the molecule is O=S(=O)(CCO)c1ccc2c(c1)nnn2CCO. The molecule has 7 nitrogen and oxygen atoms in total. The molecule has 0 saturated carbocycles. The molecule has 1 heterocycles. The molecule has 98 valence electrons. The Labute approximate surface area is 104 Å². The van der Waals surface area contributed by atoms with Gasteiger partial charge in [0.05, 0.1) is 35.9 Å². The molecule has 2 aromatic rings. The van der Waals surface area contributed by atoms with Crippen molar-refractivity contribution in [2.45, 2.75) is 11.4 Å². The lowest BCUT2D eigenvalue weighted by Gasteiger charge is -2.02. The van der Waals surface area contributed by atoms with E-state index in [1.807, 2.05) is 0 Å². The Morgan fingerprint density at radius 3 is 2.67 bits per heavy atom. The number of hydrogen-bond acceptors (Lipinski definition) is 6. The van der Waals surface area contributed by atoms with Crippen LogP contribution in [0.25, 0.3) is 11.0 Å². The van der Waals surface area contributed by atoms with Gasteiger partial charge >= 0.3 is 0 Å². The Balaban J connectivity index is 2.46. The monoisotopic (exact) mass is 271 g/mol. The first kappa shape index (κ1) is 12.9. The molecule has 0 amide bonds. The number of rotatable bonds is 5. The Morgan fingerprint density at radius 1 is 1.22 bits per heavy atom. The molecule has 0 atom stereocenters. The number of aliphatic hydroxyl groups is 2. The van der Waals surface area contributed by atoms with Crippen LogP contribution in [-0.4, -0.2) is 52.6 Å². The molecule has 8 heteroatoms. The predicted molar refractivity (Wildman–Crippen MR) is 63.8 cm³/mol. The van der Waals surface area contributed by atoms with Crippen LogP contribution in [0.3, 0.4) is 0 Å². The summed E-state index contributed by atoms with van der Waals surface area (Å²) in [5, 5.41) is 25.2. The first-order chi connectivity index (χ1) is 8.58. The highest BCUT2D eigenvalue weighted by Gasteiger charge is 2.15. The number of sulfone groups is 1. The molecule has 0 bridgehead atoms. The average Bonchev–Trinajstić information content (AvgIpc) is 2.72. The first-order valence-corrected chi connectivity index (χ1v) is 7.01. The second-order valence-corrected chi connectivity index (χ2v) is 5.84. The van der Waals surface area contributed by atoms with E-state index in [4.69, 9.17) is 10.2 Å². The molecule has 2 rings (SSSR count). The van der Waals surface area contributed by atoms with Gasteiger partial charge in [0.2, 0.25) is 0 Å².